The van der Waals surface area contributed by atoms with Crippen molar-refractivity contribution in [2.45, 2.75) is 25.7 Å². The lowest BCUT2D eigenvalue weighted by Crippen LogP contribution is -2.32. The highest BCUT2D eigenvalue weighted by molar-refractivity contribution is 5.93. The minimum atomic E-state index is -0.966. The maximum absolute atomic E-state index is 11.4. The minimum absolute atomic E-state index is 0.193. The van der Waals surface area contributed by atoms with Gasteiger partial charge in [-0.25, -0.2) is 14.8 Å². The molecule has 1 N–H and O–H groups in total. The molecule has 0 radical (unpaired) electrons. The normalized spacial score (nSPS) is 14.8. The van der Waals surface area contributed by atoms with Gasteiger partial charge in [-0.3, -0.25) is 0 Å². The third kappa shape index (κ3) is 3.24. The molecule has 0 spiro atoms. The van der Waals surface area contributed by atoms with Crippen LogP contribution in [0.4, 0.5) is 5.82 Å². The van der Waals surface area contributed by atoms with Crippen molar-refractivity contribution in [3.8, 4) is 0 Å². The lowest BCUT2D eigenvalue weighted by atomic mass is 10.1. The van der Waals surface area contributed by atoms with E-state index in [0.29, 0.717) is 18.1 Å². The Morgan fingerprint density at radius 3 is 2.55 bits per heavy atom. The van der Waals surface area contributed by atoms with Crippen LogP contribution in [-0.2, 0) is 6.42 Å². The van der Waals surface area contributed by atoms with E-state index in [2.05, 4.69) is 14.9 Å². The molecule has 2 aromatic rings. The first-order chi connectivity index (χ1) is 10.7. The van der Waals surface area contributed by atoms with Gasteiger partial charge in [0.2, 0.25) is 0 Å². The van der Waals surface area contributed by atoms with Crippen molar-refractivity contribution in [3.63, 3.8) is 0 Å². The lowest BCUT2D eigenvalue weighted by molar-refractivity contribution is 0.0696. The Balaban J connectivity index is 1.91. The molecule has 1 saturated heterocycles. The predicted molar refractivity (Wildman–Crippen MR) is 84.3 cm³/mol. The van der Waals surface area contributed by atoms with Gasteiger partial charge in [-0.05, 0) is 24.8 Å². The summed E-state index contributed by atoms with van der Waals surface area (Å²) in [6.07, 6.45) is 5.41. The van der Waals surface area contributed by atoms with Crippen molar-refractivity contribution in [1.82, 2.24) is 9.97 Å². The number of hydrogen-bond donors (Lipinski definition) is 1. The molecule has 1 aliphatic heterocycles. The Kier molecular flexibility index (Phi) is 4.32. The second-order valence-electron chi connectivity index (χ2n) is 5.54. The smallest absolute Gasteiger partial charge is 0.341 e. The molecule has 2 heterocycles. The van der Waals surface area contributed by atoms with Crippen LogP contribution in [0.2, 0.25) is 0 Å². The van der Waals surface area contributed by atoms with Crippen molar-refractivity contribution >= 4 is 11.8 Å². The highest BCUT2D eigenvalue weighted by Crippen LogP contribution is 2.22. The van der Waals surface area contributed by atoms with Gasteiger partial charge in [0.25, 0.3) is 0 Å². The van der Waals surface area contributed by atoms with Crippen LogP contribution in [-0.4, -0.2) is 34.1 Å². The van der Waals surface area contributed by atoms with E-state index in [1.807, 2.05) is 30.3 Å². The maximum Gasteiger partial charge on any atom is 0.341 e. The molecule has 5 heteroatoms. The minimum Gasteiger partial charge on any atom is -0.477 e. The number of anilines is 1. The van der Waals surface area contributed by atoms with Gasteiger partial charge in [-0.2, -0.15) is 0 Å². The molecule has 0 aliphatic carbocycles. The number of piperidine rings is 1. The number of rotatable bonds is 4. The van der Waals surface area contributed by atoms with Crippen molar-refractivity contribution < 1.29 is 9.90 Å². The van der Waals surface area contributed by atoms with Gasteiger partial charge < -0.3 is 10.0 Å². The molecule has 0 saturated carbocycles. The Hall–Kier alpha value is -2.43. The molecule has 22 heavy (non-hydrogen) atoms. The summed E-state index contributed by atoms with van der Waals surface area (Å²) in [6, 6.07) is 9.97. The van der Waals surface area contributed by atoms with E-state index in [0.717, 1.165) is 31.5 Å². The molecule has 1 aliphatic rings. The van der Waals surface area contributed by atoms with E-state index < -0.39 is 5.97 Å². The number of carboxylic acid groups (broad SMARTS) is 1. The number of aromatic nitrogens is 2. The van der Waals surface area contributed by atoms with Crippen LogP contribution >= 0.6 is 0 Å². The van der Waals surface area contributed by atoms with Crippen LogP contribution in [0.5, 0.6) is 0 Å². The summed E-state index contributed by atoms with van der Waals surface area (Å²) in [4.78, 5) is 22.3. The van der Waals surface area contributed by atoms with Crippen LogP contribution in [0.15, 0.2) is 36.5 Å². The van der Waals surface area contributed by atoms with Crippen LogP contribution in [0.1, 0.15) is 41.0 Å². The maximum atomic E-state index is 11.4. The quantitative estimate of drug-likeness (QED) is 0.940. The first-order valence-electron chi connectivity index (χ1n) is 7.62. The molecule has 0 bridgehead atoms. The monoisotopic (exact) mass is 297 g/mol. The average molecular weight is 297 g/mol. The molecule has 0 unspecified atom stereocenters. The van der Waals surface area contributed by atoms with Crippen molar-refractivity contribution in [2.75, 3.05) is 18.0 Å². The number of carbonyl (C=O) groups is 1. The van der Waals surface area contributed by atoms with Gasteiger partial charge >= 0.3 is 5.97 Å². The molecule has 1 aromatic heterocycles. The standard InChI is InChI=1S/C17H19N3O2/c21-17(22)14-12-18-15(11-13-7-3-1-4-8-13)19-16(14)20-9-5-2-6-10-20/h1,3-4,7-8,12H,2,5-6,9-11H2,(H,21,22). The number of nitrogens with zero attached hydrogens (tertiary/aromatic N) is 3. The lowest BCUT2D eigenvalue weighted by Gasteiger charge is -2.28. The van der Waals surface area contributed by atoms with Gasteiger partial charge in [0, 0.05) is 25.7 Å². The van der Waals surface area contributed by atoms with E-state index in [9.17, 15) is 9.90 Å². The summed E-state index contributed by atoms with van der Waals surface area (Å²) in [5, 5.41) is 9.37. The molecule has 0 amide bonds. The predicted octanol–water partition coefficient (Wildman–Crippen LogP) is 2.76. The Morgan fingerprint density at radius 2 is 1.86 bits per heavy atom. The summed E-state index contributed by atoms with van der Waals surface area (Å²) in [6.45, 7) is 1.73. The molecular weight excluding hydrogens is 278 g/mol. The fourth-order valence-corrected chi connectivity index (χ4v) is 2.77. The number of aromatic carboxylic acids is 1. The molecule has 5 nitrogen and oxygen atoms in total. The van der Waals surface area contributed by atoms with E-state index in [4.69, 9.17) is 0 Å². The number of benzene rings is 1. The van der Waals surface area contributed by atoms with Crippen LogP contribution in [0, 0.1) is 0 Å². The first-order valence-corrected chi connectivity index (χ1v) is 7.62. The average Bonchev–Trinajstić information content (AvgIpc) is 2.56. The summed E-state index contributed by atoms with van der Waals surface area (Å²) >= 11 is 0. The molecule has 1 aromatic carbocycles. The summed E-state index contributed by atoms with van der Waals surface area (Å²) in [5.41, 5.74) is 1.31. The van der Waals surface area contributed by atoms with E-state index in [-0.39, 0.29) is 5.56 Å². The SMILES string of the molecule is O=C(O)c1cnc(Cc2ccccc2)nc1N1CCCCC1. The number of hydrogen-bond acceptors (Lipinski definition) is 4. The Labute approximate surface area is 129 Å². The van der Waals surface area contributed by atoms with Gasteiger partial charge in [-0.15, -0.1) is 0 Å². The first kappa shape index (κ1) is 14.5. The summed E-state index contributed by atoms with van der Waals surface area (Å²) in [5.74, 6) is 0.261. The Bertz CT molecular complexity index is 652. The van der Waals surface area contributed by atoms with Crippen LogP contribution < -0.4 is 4.90 Å². The van der Waals surface area contributed by atoms with E-state index >= 15 is 0 Å². The fourth-order valence-electron chi connectivity index (χ4n) is 2.77. The van der Waals surface area contributed by atoms with Crippen molar-refractivity contribution in [3.05, 3.63) is 53.5 Å². The highest BCUT2D eigenvalue weighted by Gasteiger charge is 2.21. The molecule has 1 fully saturated rings. The van der Waals surface area contributed by atoms with E-state index in [1.54, 1.807) is 0 Å². The molecular formula is C17H19N3O2. The van der Waals surface area contributed by atoms with Gasteiger partial charge in [0.1, 0.15) is 17.2 Å². The zero-order chi connectivity index (χ0) is 15.4. The van der Waals surface area contributed by atoms with E-state index in [1.165, 1.54) is 12.6 Å². The summed E-state index contributed by atoms with van der Waals surface area (Å²) < 4.78 is 0. The second-order valence-corrected chi connectivity index (χ2v) is 5.54. The summed E-state index contributed by atoms with van der Waals surface area (Å²) in [7, 11) is 0. The molecule has 0 atom stereocenters. The van der Waals surface area contributed by atoms with Gasteiger partial charge in [0.05, 0.1) is 0 Å². The molecule has 3 rings (SSSR count). The fraction of sp³-hybridized carbons (Fsp3) is 0.353. The van der Waals surface area contributed by atoms with Crippen molar-refractivity contribution in [2.24, 2.45) is 0 Å². The van der Waals surface area contributed by atoms with Crippen molar-refractivity contribution in [1.29, 1.82) is 0 Å². The zero-order valence-electron chi connectivity index (χ0n) is 12.4. The van der Waals surface area contributed by atoms with Crippen LogP contribution in [0.25, 0.3) is 0 Å². The third-order valence-corrected chi connectivity index (χ3v) is 3.91. The van der Waals surface area contributed by atoms with Gasteiger partial charge in [0.15, 0.2) is 0 Å². The molecule has 114 valence electrons. The topological polar surface area (TPSA) is 66.3 Å². The Morgan fingerprint density at radius 1 is 1.14 bits per heavy atom. The highest BCUT2D eigenvalue weighted by atomic mass is 16.4. The second kappa shape index (κ2) is 6.56. The van der Waals surface area contributed by atoms with Gasteiger partial charge in [-0.1, -0.05) is 30.3 Å². The third-order valence-electron chi connectivity index (χ3n) is 3.91. The zero-order valence-corrected chi connectivity index (χ0v) is 12.4. The largest absolute Gasteiger partial charge is 0.477 e. The number of carboxylic acids is 1. The van der Waals surface area contributed by atoms with Crippen LogP contribution in [0.3, 0.4) is 0 Å².